The molecular weight excluding hydrogens is 288 g/mol. The van der Waals surface area contributed by atoms with Crippen molar-refractivity contribution < 1.29 is 13.2 Å². The minimum absolute atomic E-state index is 0.0174. The monoisotopic (exact) mass is 310 g/mol. The van der Waals surface area contributed by atoms with Crippen LogP contribution in [0.1, 0.15) is 33.3 Å². The van der Waals surface area contributed by atoms with Gasteiger partial charge < -0.3 is 4.90 Å². The summed E-state index contributed by atoms with van der Waals surface area (Å²) in [4.78, 5) is 13.5. The fourth-order valence-electron chi connectivity index (χ4n) is 2.38. The van der Waals surface area contributed by atoms with E-state index in [9.17, 15) is 13.2 Å². The maximum atomic E-state index is 12.6. The lowest BCUT2D eigenvalue weighted by Crippen LogP contribution is -2.42. The SMILES string of the molecule is CC(=O)N1CCc2cc(S(=O)(=O)N(C)C(C)(C)C)ccc21. The third-order valence-electron chi connectivity index (χ3n) is 3.93. The van der Waals surface area contributed by atoms with Gasteiger partial charge >= 0.3 is 0 Å². The van der Waals surface area contributed by atoms with Crippen LogP contribution >= 0.6 is 0 Å². The molecule has 0 aromatic heterocycles. The van der Waals surface area contributed by atoms with E-state index < -0.39 is 15.6 Å². The molecule has 0 saturated carbocycles. The van der Waals surface area contributed by atoms with Crippen LogP contribution in [0, 0.1) is 0 Å². The van der Waals surface area contributed by atoms with E-state index in [2.05, 4.69) is 0 Å². The Hall–Kier alpha value is -1.40. The van der Waals surface area contributed by atoms with E-state index in [1.54, 1.807) is 30.1 Å². The average Bonchev–Trinajstić information content (AvgIpc) is 2.79. The Bertz CT molecular complexity index is 675. The van der Waals surface area contributed by atoms with Gasteiger partial charge in [-0.1, -0.05) is 0 Å². The molecule has 6 heteroatoms. The van der Waals surface area contributed by atoms with Crippen LogP contribution in [0.15, 0.2) is 23.1 Å². The molecule has 0 bridgehead atoms. The topological polar surface area (TPSA) is 57.7 Å². The highest BCUT2D eigenvalue weighted by Gasteiger charge is 2.32. The second-order valence-electron chi connectivity index (χ2n) is 6.35. The number of anilines is 1. The molecule has 1 aliphatic heterocycles. The van der Waals surface area contributed by atoms with E-state index in [4.69, 9.17) is 0 Å². The van der Waals surface area contributed by atoms with Gasteiger partial charge in [0.05, 0.1) is 4.90 Å². The standard InChI is InChI=1S/C15H22N2O3S/c1-11(18)17-9-8-12-10-13(6-7-14(12)17)21(19,20)16(5)15(2,3)4/h6-7,10H,8-9H2,1-5H3. The summed E-state index contributed by atoms with van der Waals surface area (Å²) in [7, 11) is -1.94. The molecule has 0 aliphatic carbocycles. The maximum Gasteiger partial charge on any atom is 0.243 e. The lowest BCUT2D eigenvalue weighted by molar-refractivity contribution is -0.116. The molecule has 0 saturated heterocycles. The van der Waals surface area contributed by atoms with Gasteiger partial charge in [0.1, 0.15) is 0 Å². The van der Waals surface area contributed by atoms with Crippen LogP contribution in [0.4, 0.5) is 5.69 Å². The van der Waals surface area contributed by atoms with Crippen molar-refractivity contribution in [3.8, 4) is 0 Å². The first kappa shape index (κ1) is 16.0. The molecule has 0 atom stereocenters. The summed E-state index contributed by atoms with van der Waals surface area (Å²) < 4.78 is 26.7. The third-order valence-corrected chi connectivity index (χ3v) is 6.05. The molecule has 5 nitrogen and oxygen atoms in total. The van der Waals surface area contributed by atoms with E-state index in [0.29, 0.717) is 13.0 Å². The zero-order valence-electron chi connectivity index (χ0n) is 13.2. The van der Waals surface area contributed by atoms with Crippen LogP contribution in [-0.2, 0) is 21.2 Å². The normalized spacial score (nSPS) is 15.4. The summed E-state index contributed by atoms with van der Waals surface area (Å²) >= 11 is 0. The number of hydrogen-bond acceptors (Lipinski definition) is 3. The largest absolute Gasteiger partial charge is 0.312 e. The van der Waals surface area contributed by atoms with Crippen LogP contribution in [0.25, 0.3) is 0 Å². The molecule has 0 unspecified atom stereocenters. The second kappa shape index (κ2) is 5.10. The molecule has 0 fully saturated rings. The summed E-state index contributed by atoms with van der Waals surface area (Å²) in [5.74, 6) is -0.0174. The quantitative estimate of drug-likeness (QED) is 0.839. The van der Waals surface area contributed by atoms with Crippen LogP contribution in [0.5, 0.6) is 0 Å². The fourth-order valence-corrected chi connectivity index (χ4v) is 3.95. The molecule has 0 N–H and O–H groups in total. The Morgan fingerprint density at radius 1 is 1.29 bits per heavy atom. The Balaban J connectivity index is 2.43. The second-order valence-corrected chi connectivity index (χ2v) is 8.32. The van der Waals surface area contributed by atoms with E-state index in [1.165, 1.54) is 11.2 Å². The lowest BCUT2D eigenvalue weighted by atomic mass is 10.1. The van der Waals surface area contributed by atoms with E-state index >= 15 is 0 Å². The molecule has 116 valence electrons. The predicted octanol–water partition coefficient (Wildman–Crippen LogP) is 2.01. The van der Waals surface area contributed by atoms with Gasteiger partial charge in [-0.3, -0.25) is 4.79 Å². The predicted molar refractivity (Wildman–Crippen MR) is 82.9 cm³/mol. The summed E-state index contributed by atoms with van der Waals surface area (Å²) in [5.41, 5.74) is 1.25. The number of carbonyl (C=O) groups is 1. The zero-order chi connectivity index (χ0) is 16.0. The van der Waals surface area contributed by atoms with Crippen molar-refractivity contribution in [1.29, 1.82) is 0 Å². The highest BCUT2D eigenvalue weighted by atomic mass is 32.2. The van der Waals surface area contributed by atoms with Gasteiger partial charge in [0.25, 0.3) is 0 Å². The minimum Gasteiger partial charge on any atom is -0.312 e. The van der Waals surface area contributed by atoms with Crippen molar-refractivity contribution >= 4 is 21.6 Å². The molecule has 1 aromatic rings. The van der Waals surface area contributed by atoms with Crippen LogP contribution < -0.4 is 4.90 Å². The van der Waals surface area contributed by atoms with Crippen molar-refractivity contribution in [3.63, 3.8) is 0 Å². The molecule has 0 spiro atoms. The van der Waals surface area contributed by atoms with Gasteiger partial charge in [0.15, 0.2) is 0 Å². The van der Waals surface area contributed by atoms with Crippen LogP contribution in [-0.4, -0.2) is 37.8 Å². The first-order valence-corrected chi connectivity index (χ1v) is 8.39. The zero-order valence-corrected chi connectivity index (χ0v) is 14.0. The van der Waals surface area contributed by atoms with Crippen LogP contribution in [0.3, 0.4) is 0 Å². The molecule has 0 radical (unpaired) electrons. The Morgan fingerprint density at radius 2 is 1.90 bits per heavy atom. The summed E-state index contributed by atoms with van der Waals surface area (Å²) in [5, 5.41) is 0. The van der Waals surface area contributed by atoms with Crippen molar-refractivity contribution in [1.82, 2.24) is 4.31 Å². The third kappa shape index (κ3) is 2.82. The minimum atomic E-state index is -3.53. The molecule has 1 aliphatic rings. The number of benzene rings is 1. The maximum absolute atomic E-state index is 12.6. The van der Waals surface area contributed by atoms with Gasteiger partial charge in [-0.25, -0.2) is 8.42 Å². The van der Waals surface area contributed by atoms with Gasteiger partial charge in [-0.15, -0.1) is 0 Å². The van der Waals surface area contributed by atoms with Gasteiger partial charge in [0.2, 0.25) is 15.9 Å². The van der Waals surface area contributed by atoms with Gasteiger partial charge in [-0.2, -0.15) is 4.31 Å². The van der Waals surface area contributed by atoms with Gasteiger partial charge in [0, 0.05) is 31.7 Å². The molecule has 21 heavy (non-hydrogen) atoms. The van der Waals surface area contributed by atoms with E-state index in [-0.39, 0.29) is 10.8 Å². The Labute approximate surface area is 126 Å². The highest BCUT2D eigenvalue weighted by molar-refractivity contribution is 7.89. The Kier molecular flexibility index (Phi) is 3.88. The average molecular weight is 310 g/mol. The fraction of sp³-hybridized carbons (Fsp3) is 0.533. The molecular formula is C15H22N2O3S. The summed E-state index contributed by atoms with van der Waals surface area (Å²) in [6, 6.07) is 5.00. The van der Waals surface area contributed by atoms with E-state index in [1.807, 2.05) is 20.8 Å². The summed E-state index contributed by atoms with van der Waals surface area (Å²) in [6.45, 7) is 7.70. The molecule has 1 amide bonds. The number of rotatable bonds is 2. The smallest absolute Gasteiger partial charge is 0.243 e. The van der Waals surface area contributed by atoms with Crippen molar-refractivity contribution in [2.24, 2.45) is 0 Å². The number of carbonyl (C=O) groups excluding carboxylic acids is 1. The number of nitrogens with zero attached hydrogens (tertiary/aromatic N) is 2. The van der Waals surface area contributed by atoms with Crippen molar-refractivity contribution in [3.05, 3.63) is 23.8 Å². The highest BCUT2D eigenvalue weighted by Crippen LogP contribution is 2.32. The Morgan fingerprint density at radius 3 is 2.43 bits per heavy atom. The number of hydrogen-bond donors (Lipinski definition) is 0. The van der Waals surface area contributed by atoms with E-state index in [0.717, 1.165) is 11.3 Å². The van der Waals surface area contributed by atoms with Gasteiger partial charge in [-0.05, 0) is 51.0 Å². The first-order valence-electron chi connectivity index (χ1n) is 6.95. The molecule has 1 heterocycles. The number of sulfonamides is 1. The molecule has 1 aromatic carbocycles. The lowest BCUT2D eigenvalue weighted by Gasteiger charge is -2.31. The van der Waals surface area contributed by atoms with Crippen molar-refractivity contribution in [2.75, 3.05) is 18.5 Å². The molecule has 2 rings (SSSR count). The van der Waals surface area contributed by atoms with Crippen LogP contribution in [0.2, 0.25) is 0 Å². The van der Waals surface area contributed by atoms with Crippen molar-refractivity contribution in [2.45, 2.75) is 44.6 Å². The summed E-state index contributed by atoms with van der Waals surface area (Å²) in [6.07, 6.45) is 0.692. The number of amides is 1. The number of fused-ring (bicyclic) bond motifs is 1. The first-order chi connectivity index (χ1) is 9.55.